The highest BCUT2D eigenvalue weighted by Crippen LogP contribution is 2.45. The van der Waals surface area contributed by atoms with Crippen molar-refractivity contribution in [1.82, 2.24) is 0 Å². The summed E-state index contributed by atoms with van der Waals surface area (Å²) in [5.41, 5.74) is 2.73. The Morgan fingerprint density at radius 3 is 0.641 bits per heavy atom. The molecule has 4 aromatic rings. The molecule has 14 heteroatoms. The Labute approximate surface area is 375 Å². The van der Waals surface area contributed by atoms with E-state index < -0.39 is 34.0 Å². The van der Waals surface area contributed by atoms with Crippen LogP contribution in [0, 0.1) is 10.8 Å². The van der Waals surface area contributed by atoms with Gasteiger partial charge in [0.2, 0.25) is 0 Å². The lowest BCUT2D eigenvalue weighted by molar-refractivity contribution is -0.369. The molecule has 4 fully saturated rings. The molecule has 0 saturated carbocycles. The molecule has 0 amide bonds. The van der Waals surface area contributed by atoms with E-state index in [0.717, 1.165) is 45.3 Å². The first-order valence-corrected chi connectivity index (χ1v) is 22.2. The molecule has 14 bridgehead atoms. The zero-order valence-electron chi connectivity index (χ0n) is 37.3. The van der Waals surface area contributed by atoms with E-state index in [4.69, 9.17) is 66.3 Å². The fourth-order valence-corrected chi connectivity index (χ4v) is 8.15. The molecular weight excluding hydrogens is 825 g/mol. The van der Waals surface area contributed by atoms with Gasteiger partial charge in [0.25, 0.3) is 0 Å². The van der Waals surface area contributed by atoms with Crippen molar-refractivity contribution in [2.75, 3.05) is 106 Å². The predicted octanol–water partition coefficient (Wildman–Crippen LogP) is 7.20. The van der Waals surface area contributed by atoms with Gasteiger partial charge in [-0.1, -0.05) is 0 Å². The average Bonchev–Trinajstić information content (AvgIpc) is 3.33. The van der Waals surface area contributed by atoms with Crippen LogP contribution in [0.25, 0.3) is 0 Å². The minimum Gasteiger partial charge on any atom is -0.491 e. The van der Waals surface area contributed by atoms with Crippen LogP contribution in [0.4, 0.5) is 0 Å². The van der Waals surface area contributed by atoms with Gasteiger partial charge in [0.15, 0.2) is 23.1 Å². The van der Waals surface area contributed by atoms with E-state index in [1.807, 2.05) is 125 Å². The van der Waals surface area contributed by atoms with Crippen molar-refractivity contribution in [2.24, 2.45) is 10.8 Å². The first-order chi connectivity index (χ1) is 31.0. The van der Waals surface area contributed by atoms with Crippen molar-refractivity contribution < 1.29 is 66.3 Å². The highest BCUT2D eigenvalue weighted by Gasteiger charge is 2.51. The quantitative estimate of drug-likeness (QED) is 0.177. The van der Waals surface area contributed by atoms with Gasteiger partial charge in [-0.05, 0) is 125 Å². The molecule has 2 spiro atoms. The fraction of sp³-hybridized carbons (Fsp3) is 0.520. The van der Waals surface area contributed by atoms with E-state index in [0.29, 0.717) is 106 Å². The molecule has 0 unspecified atom stereocenters. The van der Waals surface area contributed by atoms with Gasteiger partial charge in [0.1, 0.15) is 49.4 Å². The van der Waals surface area contributed by atoms with Crippen LogP contribution >= 0.6 is 0 Å². The van der Waals surface area contributed by atoms with Crippen LogP contribution in [0.1, 0.15) is 49.9 Å². The zero-order chi connectivity index (χ0) is 44.1. The summed E-state index contributed by atoms with van der Waals surface area (Å²) in [6, 6.07) is 31.0. The van der Waals surface area contributed by atoms with Crippen molar-refractivity contribution in [2.45, 2.75) is 50.8 Å². The second-order valence-electron chi connectivity index (χ2n) is 17.8. The smallest absolute Gasteiger partial charge is 0.191 e. The summed E-state index contributed by atoms with van der Waals surface area (Å²) in [5, 5.41) is 0. The summed E-state index contributed by atoms with van der Waals surface area (Å²) < 4.78 is 86.4. The van der Waals surface area contributed by atoms with E-state index in [-0.39, 0.29) is 0 Å². The highest BCUT2D eigenvalue weighted by atomic mass is 16.7. The standard InChI is InChI=1S/C50H60O14/c1-45-37-5-13-41(14-6-37)53-25-21-51-22-26-54-43-17-9-39(10-18-43)47(3)61-33-50(34-62-47)35-63-48(4,64-36-50)40-11-19-44(20-12-40)56-28-24-52-23-27-55-42-15-7-38(8-16-42)46(2)59-31-49(29-57-45,30-58-45)32-60-46/h5-20H,21-36H2,1-4H3. The van der Waals surface area contributed by atoms with E-state index >= 15 is 0 Å². The molecule has 14 nitrogen and oxygen atoms in total. The van der Waals surface area contributed by atoms with Crippen LogP contribution in [0.15, 0.2) is 97.1 Å². The fourth-order valence-electron chi connectivity index (χ4n) is 8.15. The topological polar surface area (TPSA) is 129 Å². The van der Waals surface area contributed by atoms with Crippen molar-refractivity contribution in [3.8, 4) is 23.0 Å². The summed E-state index contributed by atoms with van der Waals surface area (Å²) in [6.45, 7) is 14.4. The first-order valence-electron chi connectivity index (χ1n) is 22.2. The minimum atomic E-state index is -0.913. The van der Waals surface area contributed by atoms with Crippen molar-refractivity contribution in [3.63, 3.8) is 0 Å². The number of hydrogen-bond acceptors (Lipinski definition) is 14. The molecule has 4 aromatic carbocycles. The Balaban J connectivity index is 0.801. The first kappa shape index (κ1) is 44.9. The molecular formula is C50H60O14. The van der Waals surface area contributed by atoms with E-state index in [1.165, 1.54) is 0 Å². The van der Waals surface area contributed by atoms with Gasteiger partial charge < -0.3 is 66.3 Å². The molecule has 0 aromatic heterocycles. The van der Waals surface area contributed by atoms with E-state index in [9.17, 15) is 0 Å². The summed E-state index contributed by atoms with van der Waals surface area (Å²) >= 11 is 0. The second-order valence-corrected chi connectivity index (χ2v) is 17.8. The third-order valence-electron chi connectivity index (χ3n) is 12.7. The Kier molecular flexibility index (Phi) is 13.2. The zero-order valence-corrected chi connectivity index (χ0v) is 37.3. The molecule has 0 aliphatic carbocycles. The largest absolute Gasteiger partial charge is 0.491 e. The molecule has 64 heavy (non-hydrogen) atoms. The van der Waals surface area contributed by atoms with E-state index in [1.54, 1.807) is 0 Å². The maximum Gasteiger partial charge on any atom is 0.191 e. The lowest BCUT2D eigenvalue weighted by Crippen LogP contribution is -2.56. The lowest BCUT2D eigenvalue weighted by Gasteiger charge is -2.49. The van der Waals surface area contributed by atoms with Crippen molar-refractivity contribution >= 4 is 0 Å². The molecule has 17 aliphatic rings. The van der Waals surface area contributed by atoms with Crippen LogP contribution in [0.5, 0.6) is 23.0 Å². The number of benzene rings is 4. The summed E-state index contributed by atoms with van der Waals surface area (Å²) in [5.74, 6) is -0.737. The molecule has 0 N–H and O–H groups in total. The molecule has 344 valence electrons. The van der Waals surface area contributed by atoms with Crippen LogP contribution in [0.2, 0.25) is 0 Å². The average molecular weight is 885 g/mol. The van der Waals surface area contributed by atoms with Crippen LogP contribution < -0.4 is 18.9 Å². The maximum atomic E-state index is 6.39. The van der Waals surface area contributed by atoms with Crippen molar-refractivity contribution in [3.05, 3.63) is 119 Å². The molecule has 0 radical (unpaired) electrons. The third kappa shape index (κ3) is 10.1. The SMILES string of the molecule is CC12OCC3(CO1)COC(C)(OC3)c1ccc(cc1)OCCOCCOc1ccc(cc1)C1(C)OCC3(COC(C)(OC3)c3ccc(cc3)OCCOCCOc3ccc2cc3)CO1. The predicted molar refractivity (Wildman–Crippen MR) is 231 cm³/mol. The lowest BCUT2D eigenvalue weighted by atomic mass is 9.88. The Morgan fingerprint density at radius 2 is 0.453 bits per heavy atom. The third-order valence-corrected chi connectivity index (χ3v) is 12.7. The summed E-state index contributed by atoms with van der Waals surface area (Å²) in [7, 11) is 0. The van der Waals surface area contributed by atoms with Gasteiger partial charge in [-0.25, -0.2) is 0 Å². The molecule has 21 rings (SSSR count). The van der Waals surface area contributed by atoms with Gasteiger partial charge in [-0.3, -0.25) is 0 Å². The minimum absolute atomic E-state index is 0.397. The van der Waals surface area contributed by atoms with Gasteiger partial charge >= 0.3 is 0 Å². The molecule has 0 atom stereocenters. The Morgan fingerprint density at radius 1 is 0.266 bits per heavy atom. The number of rotatable bonds is 0. The van der Waals surface area contributed by atoms with Crippen LogP contribution in [0.3, 0.4) is 0 Å². The Hall–Kier alpha value is -4.32. The molecule has 17 heterocycles. The second kappa shape index (κ2) is 18.9. The van der Waals surface area contributed by atoms with E-state index in [2.05, 4.69) is 0 Å². The van der Waals surface area contributed by atoms with Gasteiger partial charge in [0, 0.05) is 22.3 Å². The highest BCUT2D eigenvalue weighted by molar-refractivity contribution is 5.33. The van der Waals surface area contributed by atoms with Gasteiger partial charge in [0.05, 0.1) is 90.1 Å². The van der Waals surface area contributed by atoms with Crippen molar-refractivity contribution in [1.29, 1.82) is 0 Å². The molecule has 17 aliphatic heterocycles. The molecule has 4 saturated heterocycles. The van der Waals surface area contributed by atoms with Crippen LogP contribution in [-0.2, 0) is 70.5 Å². The number of hydrogen-bond donors (Lipinski definition) is 0. The van der Waals surface area contributed by atoms with Crippen LogP contribution in [-0.4, -0.2) is 106 Å². The summed E-state index contributed by atoms with van der Waals surface area (Å²) in [6.07, 6.45) is 0. The van der Waals surface area contributed by atoms with Gasteiger partial charge in [-0.15, -0.1) is 0 Å². The van der Waals surface area contributed by atoms with Gasteiger partial charge in [-0.2, -0.15) is 0 Å². The number of ether oxygens (including phenoxy) is 14. The summed E-state index contributed by atoms with van der Waals surface area (Å²) in [4.78, 5) is 0. The maximum absolute atomic E-state index is 6.39. The monoisotopic (exact) mass is 884 g/mol. The Bertz CT molecular complexity index is 1780. The normalized spacial score (nSPS) is 33.2.